The second-order valence-corrected chi connectivity index (χ2v) is 10.9. The Morgan fingerprint density at radius 1 is 1.09 bits per heavy atom. The van der Waals surface area contributed by atoms with Crippen LogP contribution in [0.5, 0.6) is 0 Å². The summed E-state index contributed by atoms with van der Waals surface area (Å²) in [6.45, 7) is 5.99. The van der Waals surface area contributed by atoms with Crippen molar-refractivity contribution in [3.8, 4) is 17.5 Å². The van der Waals surface area contributed by atoms with Gasteiger partial charge >= 0.3 is 5.97 Å². The zero-order chi connectivity index (χ0) is 29.9. The normalized spacial score (nSPS) is 15.0. The van der Waals surface area contributed by atoms with Crippen molar-refractivity contribution in [2.24, 2.45) is 0 Å². The minimum absolute atomic E-state index is 0.00307. The summed E-state index contributed by atoms with van der Waals surface area (Å²) >= 11 is 0. The first-order valence-electron chi connectivity index (χ1n) is 14.4. The smallest absolute Gasteiger partial charge is 0.302 e. The fraction of sp³-hybridized carbons (Fsp3) is 0.303. The maximum atomic E-state index is 13.1. The van der Waals surface area contributed by atoms with Crippen molar-refractivity contribution >= 4 is 29.2 Å². The van der Waals surface area contributed by atoms with E-state index in [1.54, 1.807) is 35.4 Å². The molecule has 2 aromatic heterocycles. The molecule has 0 unspecified atom stereocenters. The molecule has 1 saturated heterocycles. The van der Waals surface area contributed by atoms with E-state index in [1.807, 2.05) is 25.1 Å². The molecule has 0 atom stereocenters. The van der Waals surface area contributed by atoms with Crippen LogP contribution in [-0.4, -0.2) is 52.5 Å². The third kappa shape index (κ3) is 6.21. The lowest BCUT2D eigenvalue weighted by Crippen LogP contribution is -2.37. The first-order valence-corrected chi connectivity index (χ1v) is 14.4. The molecule has 2 aliphatic heterocycles. The molecule has 4 heterocycles. The molecular weight excluding hydrogens is 544 g/mol. The van der Waals surface area contributed by atoms with Gasteiger partial charge in [-0.05, 0) is 73.0 Å². The largest absolute Gasteiger partial charge is 0.462 e. The Labute approximate surface area is 249 Å². The molecule has 6 rings (SSSR count). The predicted molar refractivity (Wildman–Crippen MR) is 161 cm³/mol. The van der Waals surface area contributed by atoms with Crippen LogP contribution in [0.3, 0.4) is 0 Å². The van der Waals surface area contributed by atoms with Crippen LogP contribution in [0.15, 0.2) is 65.2 Å². The van der Waals surface area contributed by atoms with Crippen molar-refractivity contribution in [2.45, 2.75) is 45.8 Å². The fourth-order valence-corrected chi connectivity index (χ4v) is 5.62. The molecule has 10 nitrogen and oxygen atoms in total. The van der Waals surface area contributed by atoms with Gasteiger partial charge in [0, 0.05) is 62.5 Å². The number of fused-ring (bicyclic) bond motifs is 1. The number of ether oxygens (including phenoxy) is 1. The van der Waals surface area contributed by atoms with Gasteiger partial charge in [-0.25, -0.2) is 9.97 Å². The molecule has 4 aromatic rings. The van der Waals surface area contributed by atoms with Gasteiger partial charge in [-0.1, -0.05) is 6.07 Å². The van der Waals surface area contributed by atoms with Gasteiger partial charge in [0.25, 0.3) is 5.91 Å². The van der Waals surface area contributed by atoms with Crippen LogP contribution in [0, 0.1) is 18.3 Å². The summed E-state index contributed by atoms with van der Waals surface area (Å²) in [4.78, 5) is 37.6. The lowest BCUT2D eigenvalue weighted by Gasteiger charge is -2.33. The molecule has 1 amide bonds. The maximum absolute atomic E-state index is 13.1. The summed E-state index contributed by atoms with van der Waals surface area (Å²) in [5.41, 5.74) is 5.56. The monoisotopic (exact) mass is 576 g/mol. The van der Waals surface area contributed by atoms with E-state index in [4.69, 9.17) is 14.1 Å². The van der Waals surface area contributed by atoms with E-state index in [9.17, 15) is 14.9 Å². The molecule has 1 N–H and O–H groups in total. The zero-order valence-electron chi connectivity index (χ0n) is 24.2. The lowest BCUT2D eigenvalue weighted by atomic mass is 10.0. The number of amides is 1. The third-order valence-electron chi connectivity index (χ3n) is 7.88. The number of nitriles is 1. The number of hydrogen-bond donors (Lipinski definition) is 1. The van der Waals surface area contributed by atoms with Gasteiger partial charge in [0.05, 0.1) is 18.2 Å². The number of anilines is 3. The Balaban J connectivity index is 1.12. The Kier molecular flexibility index (Phi) is 7.79. The van der Waals surface area contributed by atoms with Gasteiger partial charge < -0.3 is 24.3 Å². The van der Waals surface area contributed by atoms with Crippen LogP contribution < -0.4 is 10.2 Å². The van der Waals surface area contributed by atoms with Gasteiger partial charge in [0.15, 0.2) is 5.76 Å². The Bertz CT molecular complexity index is 1700. The average Bonchev–Trinajstić information content (AvgIpc) is 3.45. The molecular formula is C33H32N6O4. The highest BCUT2D eigenvalue weighted by molar-refractivity contribution is 5.94. The number of nitrogens with one attached hydrogen (secondary N) is 1. The number of hydrogen-bond acceptors (Lipinski definition) is 9. The van der Waals surface area contributed by atoms with Crippen molar-refractivity contribution in [1.82, 2.24) is 14.9 Å². The van der Waals surface area contributed by atoms with Gasteiger partial charge in [-0.3, -0.25) is 9.59 Å². The van der Waals surface area contributed by atoms with E-state index in [0.717, 1.165) is 54.2 Å². The number of benzene rings is 2. The van der Waals surface area contributed by atoms with Crippen LogP contribution in [0.2, 0.25) is 0 Å². The Morgan fingerprint density at radius 3 is 2.63 bits per heavy atom. The summed E-state index contributed by atoms with van der Waals surface area (Å²) in [6, 6.07) is 19.0. The number of carbonyl (C=O) groups excluding carboxylic acids is 2. The summed E-state index contributed by atoms with van der Waals surface area (Å²) in [5, 5.41) is 12.5. The van der Waals surface area contributed by atoms with Crippen LogP contribution >= 0.6 is 0 Å². The first kappa shape index (κ1) is 28.0. The molecule has 2 aromatic carbocycles. The quantitative estimate of drug-likeness (QED) is 0.301. The fourth-order valence-electron chi connectivity index (χ4n) is 5.62. The molecule has 0 aliphatic carbocycles. The first-order chi connectivity index (χ1) is 20.9. The molecule has 0 bridgehead atoms. The van der Waals surface area contributed by atoms with Crippen molar-refractivity contribution in [3.05, 3.63) is 88.8 Å². The van der Waals surface area contributed by atoms with Crippen molar-refractivity contribution < 1.29 is 18.7 Å². The molecule has 0 spiro atoms. The maximum Gasteiger partial charge on any atom is 0.302 e. The molecule has 43 heavy (non-hydrogen) atoms. The molecule has 0 saturated carbocycles. The average molecular weight is 577 g/mol. The summed E-state index contributed by atoms with van der Waals surface area (Å²) in [6.07, 6.45) is 4.08. The number of esters is 1. The standard InChI is InChI=1S/C33H32N6O4/c1-21-19-35-33(36-26-6-8-27(9-7-26)38-14-11-28(12-15-38)42-22(2)40)37-31(21)29-17-24-10-13-39(20-30(24)43-29)32(41)25-5-3-4-23(16-25)18-34/h3-9,16-17,19,28H,10-15,20H2,1-2H3,(H,35,36,37). The van der Waals surface area contributed by atoms with Crippen molar-refractivity contribution in [3.63, 3.8) is 0 Å². The van der Waals surface area contributed by atoms with Gasteiger partial charge in [-0.15, -0.1) is 0 Å². The molecule has 2 aliphatic rings. The highest BCUT2D eigenvalue weighted by Crippen LogP contribution is 2.32. The van der Waals surface area contributed by atoms with E-state index < -0.39 is 0 Å². The number of nitrogens with zero attached hydrogens (tertiary/aromatic N) is 5. The van der Waals surface area contributed by atoms with Crippen LogP contribution in [-0.2, 0) is 22.5 Å². The number of piperidine rings is 1. The van der Waals surface area contributed by atoms with E-state index in [2.05, 4.69) is 33.4 Å². The van der Waals surface area contributed by atoms with Crippen LogP contribution in [0.4, 0.5) is 17.3 Å². The van der Waals surface area contributed by atoms with Crippen LogP contribution in [0.25, 0.3) is 11.5 Å². The molecule has 0 radical (unpaired) electrons. The predicted octanol–water partition coefficient (Wildman–Crippen LogP) is 5.39. The summed E-state index contributed by atoms with van der Waals surface area (Å²) in [7, 11) is 0. The second kappa shape index (κ2) is 12.0. The third-order valence-corrected chi connectivity index (χ3v) is 7.88. The Morgan fingerprint density at radius 2 is 1.88 bits per heavy atom. The molecule has 1 fully saturated rings. The van der Waals surface area contributed by atoms with Gasteiger partial charge in [-0.2, -0.15) is 5.26 Å². The number of aryl methyl sites for hydroxylation is 1. The minimum Gasteiger partial charge on any atom is -0.462 e. The van der Waals surface area contributed by atoms with E-state index in [1.165, 1.54) is 6.92 Å². The topological polar surface area (TPSA) is 125 Å². The SMILES string of the molecule is CC(=O)OC1CCN(c2ccc(Nc3ncc(C)c(-c4cc5c(o4)CN(C(=O)c4cccc(C#N)c4)CC5)n3)cc2)CC1. The minimum atomic E-state index is -0.222. The van der Waals surface area contributed by atoms with Gasteiger partial charge in [0.1, 0.15) is 17.6 Å². The zero-order valence-corrected chi connectivity index (χ0v) is 24.2. The highest BCUT2D eigenvalue weighted by Gasteiger charge is 2.26. The summed E-state index contributed by atoms with van der Waals surface area (Å²) in [5.74, 6) is 1.50. The van der Waals surface area contributed by atoms with Crippen molar-refractivity contribution in [1.29, 1.82) is 5.26 Å². The number of aromatic nitrogens is 2. The second-order valence-electron chi connectivity index (χ2n) is 10.9. The molecule has 10 heteroatoms. The van der Waals surface area contributed by atoms with E-state index >= 15 is 0 Å². The van der Waals surface area contributed by atoms with Gasteiger partial charge in [0.2, 0.25) is 5.95 Å². The summed E-state index contributed by atoms with van der Waals surface area (Å²) < 4.78 is 11.6. The number of rotatable bonds is 6. The lowest BCUT2D eigenvalue weighted by molar-refractivity contribution is -0.147. The number of carbonyl (C=O) groups is 2. The molecule has 218 valence electrons. The number of furan rings is 1. The van der Waals surface area contributed by atoms with E-state index in [-0.39, 0.29) is 18.0 Å². The highest BCUT2D eigenvalue weighted by atomic mass is 16.5. The van der Waals surface area contributed by atoms with Crippen LogP contribution in [0.1, 0.15) is 52.6 Å². The van der Waals surface area contributed by atoms with Crippen molar-refractivity contribution in [2.75, 3.05) is 29.9 Å². The Hall–Kier alpha value is -5.17. The van der Waals surface area contributed by atoms with E-state index in [0.29, 0.717) is 48.0 Å².